The monoisotopic (exact) mass is 266 g/mol. The highest BCUT2D eigenvalue weighted by Gasteiger charge is 2.19. The number of fused-ring (bicyclic) bond motifs is 1. The molecule has 100 valence electrons. The summed E-state index contributed by atoms with van der Waals surface area (Å²) in [6, 6.07) is 8.75. The maximum atomic E-state index is 10.9. The molecule has 3 unspecified atom stereocenters. The molecule has 0 saturated carbocycles. The first-order valence-corrected chi connectivity index (χ1v) is 8.03. The molecule has 1 aromatic carbocycles. The van der Waals surface area contributed by atoms with Crippen LogP contribution in [0.5, 0.6) is 0 Å². The first kappa shape index (κ1) is 13.8. The Morgan fingerprint density at radius 1 is 1.44 bits per heavy atom. The van der Waals surface area contributed by atoms with Crippen molar-refractivity contribution in [3.8, 4) is 0 Å². The van der Waals surface area contributed by atoms with Gasteiger partial charge in [-0.05, 0) is 56.1 Å². The molecule has 0 aromatic heterocycles. The molecule has 0 saturated heterocycles. The minimum Gasteiger partial charge on any atom is -0.306 e. The Bertz CT molecular complexity index is 417. The van der Waals surface area contributed by atoms with Crippen molar-refractivity contribution in [3.05, 3.63) is 35.4 Å². The Morgan fingerprint density at radius 2 is 2.22 bits per heavy atom. The second kappa shape index (κ2) is 6.48. The molecule has 0 bridgehead atoms. The predicted molar refractivity (Wildman–Crippen MR) is 76.2 cm³/mol. The third-order valence-corrected chi connectivity index (χ3v) is 4.93. The first-order chi connectivity index (χ1) is 8.68. The maximum absolute atomic E-state index is 10.9. The molecule has 1 aromatic rings. The van der Waals surface area contributed by atoms with Crippen LogP contribution in [0.3, 0.4) is 0 Å². The lowest BCUT2D eigenvalue weighted by Crippen LogP contribution is -2.12. The van der Waals surface area contributed by atoms with E-state index in [-0.39, 0.29) is 5.25 Å². The lowest BCUT2D eigenvalue weighted by Gasteiger charge is -2.25. The second-order valence-corrected chi connectivity index (χ2v) is 6.66. The summed E-state index contributed by atoms with van der Waals surface area (Å²) in [5.74, 6) is 0.661. The van der Waals surface area contributed by atoms with Gasteiger partial charge in [0.25, 0.3) is 0 Å². The van der Waals surface area contributed by atoms with Gasteiger partial charge in [0.05, 0.1) is 5.25 Å². The topological polar surface area (TPSA) is 37.3 Å². The molecular formula is C15H22O2S. The van der Waals surface area contributed by atoms with Crippen molar-refractivity contribution in [1.29, 1.82) is 0 Å². The van der Waals surface area contributed by atoms with Gasteiger partial charge in [0, 0.05) is 0 Å². The summed E-state index contributed by atoms with van der Waals surface area (Å²) in [5.41, 5.74) is 3.02. The van der Waals surface area contributed by atoms with Gasteiger partial charge in [-0.15, -0.1) is 0 Å². The maximum Gasteiger partial charge on any atom is 0.155 e. The van der Waals surface area contributed by atoms with Gasteiger partial charge in [-0.2, -0.15) is 0 Å². The Morgan fingerprint density at radius 3 is 3.00 bits per heavy atom. The van der Waals surface area contributed by atoms with Gasteiger partial charge in [0.2, 0.25) is 0 Å². The minimum absolute atomic E-state index is 0.0937. The molecule has 2 nitrogen and oxygen atoms in total. The number of hydrogen-bond acceptors (Lipinski definition) is 1. The molecule has 0 heterocycles. The van der Waals surface area contributed by atoms with E-state index in [1.807, 2.05) is 6.92 Å². The smallest absolute Gasteiger partial charge is 0.155 e. The lowest BCUT2D eigenvalue weighted by molar-refractivity contribution is 0.486. The van der Waals surface area contributed by atoms with Crippen molar-refractivity contribution >= 4 is 11.1 Å². The van der Waals surface area contributed by atoms with Crippen molar-refractivity contribution in [2.45, 2.75) is 56.6 Å². The van der Waals surface area contributed by atoms with Crippen LogP contribution in [0.4, 0.5) is 0 Å². The van der Waals surface area contributed by atoms with Crippen LogP contribution in [-0.2, 0) is 17.5 Å². The molecule has 2 rings (SSSR count). The van der Waals surface area contributed by atoms with E-state index in [1.165, 1.54) is 30.4 Å². The summed E-state index contributed by atoms with van der Waals surface area (Å²) < 4.78 is 19.9. The molecule has 0 fully saturated rings. The summed E-state index contributed by atoms with van der Waals surface area (Å²) in [6.07, 6.45) is 6.81. The largest absolute Gasteiger partial charge is 0.306 e. The minimum atomic E-state index is -1.66. The fourth-order valence-electron chi connectivity index (χ4n) is 2.91. The van der Waals surface area contributed by atoms with Crippen molar-refractivity contribution in [3.63, 3.8) is 0 Å². The highest BCUT2D eigenvalue weighted by molar-refractivity contribution is 7.79. The number of benzene rings is 1. The van der Waals surface area contributed by atoms with Crippen LogP contribution >= 0.6 is 0 Å². The summed E-state index contributed by atoms with van der Waals surface area (Å²) >= 11 is -1.66. The molecule has 0 aliphatic heterocycles. The fraction of sp³-hybridized carbons (Fsp3) is 0.600. The average Bonchev–Trinajstić information content (AvgIpc) is 2.38. The normalized spacial score (nSPS) is 22.2. The van der Waals surface area contributed by atoms with Crippen molar-refractivity contribution in [1.82, 2.24) is 0 Å². The van der Waals surface area contributed by atoms with Crippen LogP contribution in [-0.4, -0.2) is 14.0 Å². The van der Waals surface area contributed by atoms with Crippen LogP contribution in [0.25, 0.3) is 0 Å². The number of hydrogen-bond donors (Lipinski definition) is 1. The summed E-state index contributed by atoms with van der Waals surface area (Å²) in [5, 5.41) is -0.0937. The SMILES string of the molecule is CC(CCCC1CCCc2ccccc21)S(=O)O. The standard InChI is InChI=1S/C15H22O2S/c1-12(18(16)17)6-4-8-14-10-5-9-13-7-2-3-11-15(13)14/h2-3,7,11-12,14H,4-6,8-10H2,1H3,(H,16,17). The Kier molecular flexibility index (Phi) is 4.95. The molecule has 0 amide bonds. The zero-order chi connectivity index (χ0) is 13.0. The van der Waals surface area contributed by atoms with E-state index in [2.05, 4.69) is 24.3 Å². The van der Waals surface area contributed by atoms with E-state index < -0.39 is 11.1 Å². The molecule has 1 aliphatic carbocycles. The Hall–Kier alpha value is -0.670. The third kappa shape index (κ3) is 3.42. The van der Waals surface area contributed by atoms with Crippen molar-refractivity contribution in [2.24, 2.45) is 0 Å². The lowest BCUT2D eigenvalue weighted by atomic mass is 9.80. The molecule has 3 heteroatoms. The van der Waals surface area contributed by atoms with E-state index >= 15 is 0 Å². The molecule has 0 spiro atoms. The second-order valence-electron chi connectivity index (χ2n) is 5.31. The van der Waals surface area contributed by atoms with Crippen LogP contribution in [0.1, 0.15) is 56.1 Å². The number of rotatable bonds is 5. The first-order valence-electron chi connectivity index (χ1n) is 6.86. The van der Waals surface area contributed by atoms with Crippen molar-refractivity contribution < 1.29 is 8.76 Å². The Balaban J connectivity index is 1.90. The highest BCUT2D eigenvalue weighted by atomic mass is 32.2. The summed E-state index contributed by atoms with van der Waals surface area (Å²) in [7, 11) is 0. The van der Waals surface area contributed by atoms with Gasteiger partial charge in [0.1, 0.15) is 0 Å². The van der Waals surface area contributed by atoms with E-state index in [0.29, 0.717) is 5.92 Å². The molecule has 3 atom stereocenters. The summed E-state index contributed by atoms with van der Waals surface area (Å²) in [6.45, 7) is 1.85. The van der Waals surface area contributed by atoms with E-state index in [0.717, 1.165) is 19.3 Å². The van der Waals surface area contributed by atoms with Gasteiger partial charge in [-0.25, -0.2) is 4.21 Å². The van der Waals surface area contributed by atoms with Gasteiger partial charge >= 0.3 is 0 Å². The van der Waals surface area contributed by atoms with Gasteiger partial charge in [-0.1, -0.05) is 30.7 Å². The van der Waals surface area contributed by atoms with Gasteiger partial charge < -0.3 is 4.55 Å². The van der Waals surface area contributed by atoms with Crippen molar-refractivity contribution in [2.75, 3.05) is 0 Å². The Labute approximate surface area is 112 Å². The van der Waals surface area contributed by atoms with Gasteiger partial charge in [0.15, 0.2) is 11.1 Å². The zero-order valence-electron chi connectivity index (χ0n) is 11.0. The number of aryl methyl sites for hydroxylation is 1. The van der Waals surface area contributed by atoms with Crippen LogP contribution < -0.4 is 0 Å². The third-order valence-electron chi connectivity index (χ3n) is 4.00. The molecule has 0 radical (unpaired) electrons. The zero-order valence-corrected chi connectivity index (χ0v) is 11.8. The van der Waals surface area contributed by atoms with Crippen LogP contribution in [0.15, 0.2) is 24.3 Å². The average molecular weight is 266 g/mol. The molecular weight excluding hydrogens is 244 g/mol. The van der Waals surface area contributed by atoms with E-state index in [4.69, 9.17) is 4.55 Å². The molecule has 18 heavy (non-hydrogen) atoms. The molecule has 1 N–H and O–H groups in total. The van der Waals surface area contributed by atoms with Gasteiger partial charge in [-0.3, -0.25) is 0 Å². The predicted octanol–water partition coefficient (Wildman–Crippen LogP) is 3.89. The van der Waals surface area contributed by atoms with Crippen LogP contribution in [0, 0.1) is 0 Å². The van der Waals surface area contributed by atoms with Crippen LogP contribution in [0.2, 0.25) is 0 Å². The highest BCUT2D eigenvalue weighted by Crippen LogP contribution is 2.35. The summed E-state index contributed by atoms with van der Waals surface area (Å²) in [4.78, 5) is 0. The van der Waals surface area contributed by atoms with E-state index in [1.54, 1.807) is 0 Å². The van der Waals surface area contributed by atoms with E-state index in [9.17, 15) is 4.21 Å². The fourth-order valence-corrected chi connectivity index (χ4v) is 3.28. The molecule has 1 aliphatic rings. The quantitative estimate of drug-likeness (QED) is 0.821.